The van der Waals surface area contributed by atoms with Gasteiger partial charge >= 0.3 is 89.5 Å². The highest BCUT2D eigenvalue weighted by Crippen LogP contribution is 2.65. The summed E-state index contributed by atoms with van der Waals surface area (Å²) in [5, 5.41) is 0. The van der Waals surface area contributed by atoms with E-state index in [1.807, 2.05) is 111 Å². The standard InChI is InChI=1S/2C21H30O6.C20H28O6.C19H28O6.C17H24O6/c1-5-20(2,3)19(24)26-16-12-10-11-13(17(22)25-15(11)16)14(12)18(23)27-21(4)8-6-7-9-21;1-4-21(2,3)20(24)27-17-13-10-12-15(19(23)26-16(12)17)14(13)18(22)25-11-8-6-5-7-9-11;1-4-20(2,3)19(23)26-16-12-9-11-14(18(22)25-15(11)16)13(12)17(21)24-10-7-5-6-8-10;1-7-19(5,6)17(22)24-14-10-8-9-11(15(20)23-13(9)14)12(10)16(21)25-18(2,3)4;1-5-17(3,4)16(20)23-13-8-7-9-11(15(19)22-12(9)13)10(8)14(18)21-6-2/h11-16H,5-10H2,1-4H3;11-17H,4-10H2,1-3H3;10-16H,4-9H2,1-3H3;9-14H,7-8H2,1-6H3;8-13H,5-7H2,1-4H3. The first kappa shape index (κ1) is 96.1. The van der Waals surface area contributed by atoms with Crippen molar-refractivity contribution in [1.82, 2.24) is 0 Å². The van der Waals surface area contributed by atoms with Gasteiger partial charge in [0, 0.05) is 59.2 Å². The molecule has 30 unspecified atom stereocenters. The van der Waals surface area contributed by atoms with Crippen molar-refractivity contribution < 1.29 is 143 Å². The summed E-state index contributed by atoms with van der Waals surface area (Å²) in [6.45, 7) is 37.5. The van der Waals surface area contributed by atoms with Crippen molar-refractivity contribution in [1.29, 1.82) is 0 Å². The van der Waals surface area contributed by atoms with Gasteiger partial charge in [-0.2, -0.15) is 0 Å². The minimum absolute atomic E-state index is 0.0313. The van der Waals surface area contributed by atoms with Crippen molar-refractivity contribution in [2.24, 2.45) is 145 Å². The summed E-state index contributed by atoms with van der Waals surface area (Å²) in [5.74, 6) is -11.0. The molecule has 13 saturated carbocycles. The molecule has 128 heavy (non-hydrogen) atoms. The highest BCUT2D eigenvalue weighted by atomic mass is 16.6. The van der Waals surface area contributed by atoms with Crippen molar-refractivity contribution in [2.75, 3.05) is 6.61 Å². The van der Waals surface area contributed by atoms with E-state index in [2.05, 4.69) is 0 Å². The molecule has 0 aromatic heterocycles. The fourth-order valence-electron chi connectivity index (χ4n) is 24.3. The lowest BCUT2D eigenvalue weighted by atomic mass is 9.78. The minimum Gasteiger partial charge on any atom is -0.466 e. The van der Waals surface area contributed by atoms with Gasteiger partial charge in [-0.3, -0.25) is 71.9 Å². The van der Waals surface area contributed by atoms with Crippen LogP contribution >= 0.6 is 0 Å². The van der Waals surface area contributed by atoms with Gasteiger partial charge in [0.25, 0.3) is 0 Å². The van der Waals surface area contributed by atoms with E-state index in [0.717, 1.165) is 77.0 Å². The Morgan fingerprint density at radius 2 is 0.539 bits per heavy atom. The molecule has 30 heteroatoms. The van der Waals surface area contributed by atoms with Crippen LogP contribution in [0.15, 0.2) is 0 Å². The smallest absolute Gasteiger partial charge is 0.311 e. The van der Waals surface area contributed by atoms with Crippen molar-refractivity contribution in [3.05, 3.63) is 0 Å². The van der Waals surface area contributed by atoms with E-state index in [0.29, 0.717) is 64.2 Å². The predicted octanol–water partition coefficient (Wildman–Crippen LogP) is 12.9. The molecule has 10 bridgehead atoms. The molecule has 5 heterocycles. The highest BCUT2D eigenvalue weighted by Gasteiger charge is 2.76. The van der Waals surface area contributed by atoms with Gasteiger partial charge in [0.05, 0.1) is 92.9 Å². The average Bonchev–Trinajstić information content (AvgIpc) is 1.57. The number of esters is 15. The van der Waals surface area contributed by atoms with Crippen LogP contribution in [0.3, 0.4) is 0 Å². The Morgan fingerprint density at radius 1 is 0.305 bits per heavy atom. The summed E-state index contributed by atoms with van der Waals surface area (Å²) in [6, 6.07) is 0. The van der Waals surface area contributed by atoms with E-state index < -0.39 is 164 Å². The van der Waals surface area contributed by atoms with Gasteiger partial charge in [-0.1, -0.05) is 41.0 Å². The van der Waals surface area contributed by atoms with E-state index in [1.54, 1.807) is 27.7 Å². The normalized spacial score (nSPS) is 37.9. The van der Waals surface area contributed by atoms with E-state index >= 15 is 0 Å². The molecule has 18 fully saturated rings. The zero-order valence-electron chi connectivity index (χ0n) is 78.7. The lowest BCUT2D eigenvalue weighted by Gasteiger charge is -2.34. The maximum absolute atomic E-state index is 13.0. The first-order valence-electron chi connectivity index (χ1n) is 48.2. The zero-order chi connectivity index (χ0) is 93.2. The van der Waals surface area contributed by atoms with Crippen LogP contribution in [0.2, 0.25) is 0 Å². The number of fused-ring (bicyclic) bond motifs is 5. The second-order valence-corrected chi connectivity index (χ2v) is 44.5. The Morgan fingerprint density at radius 3 is 0.781 bits per heavy atom. The van der Waals surface area contributed by atoms with E-state index in [1.165, 1.54) is 6.42 Å². The maximum atomic E-state index is 13.0. The van der Waals surface area contributed by atoms with Crippen molar-refractivity contribution in [3.63, 3.8) is 0 Å². The molecule has 0 spiro atoms. The van der Waals surface area contributed by atoms with Gasteiger partial charge in [-0.25, -0.2) is 0 Å². The van der Waals surface area contributed by atoms with Crippen LogP contribution in [0.25, 0.3) is 0 Å². The van der Waals surface area contributed by atoms with Crippen molar-refractivity contribution in [2.45, 2.75) is 371 Å². The second-order valence-electron chi connectivity index (χ2n) is 44.5. The Balaban J connectivity index is 0.000000130. The fourth-order valence-corrected chi connectivity index (χ4v) is 24.3. The zero-order valence-corrected chi connectivity index (χ0v) is 78.7. The second kappa shape index (κ2) is 36.2. The molecule has 0 aromatic carbocycles. The summed E-state index contributed by atoms with van der Waals surface area (Å²) >= 11 is 0. The van der Waals surface area contributed by atoms with Gasteiger partial charge in [0.2, 0.25) is 0 Å². The Bertz CT molecular complexity index is 4300. The highest BCUT2D eigenvalue weighted by molar-refractivity contribution is 5.91. The predicted molar refractivity (Wildman–Crippen MR) is 449 cm³/mol. The summed E-state index contributed by atoms with van der Waals surface area (Å²) in [7, 11) is 0. The molecular formula is C98H140O30. The number of carbonyl (C=O) groups is 15. The van der Waals surface area contributed by atoms with Crippen LogP contribution in [0.1, 0.15) is 286 Å². The molecule has 5 saturated heterocycles. The molecule has 18 rings (SSSR count). The molecule has 13 aliphatic carbocycles. The van der Waals surface area contributed by atoms with Crippen LogP contribution in [0.5, 0.6) is 0 Å². The van der Waals surface area contributed by atoms with Crippen molar-refractivity contribution in [3.8, 4) is 0 Å². The lowest BCUT2D eigenvalue weighted by Crippen LogP contribution is -2.46. The fraction of sp³-hybridized carbons (Fsp3) is 0.847. The number of ether oxygens (including phenoxy) is 15. The van der Waals surface area contributed by atoms with Gasteiger partial charge in [0.15, 0.2) is 0 Å². The van der Waals surface area contributed by atoms with E-state index in [9.17, 15) is 71.9 Å². The summed E-state index contributed by atoms with van der Waals surface area (Å²) in [6.07, 6.45) is 14.8. The van der Waals surface area contributed by atoms with Crippen LogP contribution in [0, 0.1) is 145 Å². The summed E-state index contributed by atoms with van der Waals surface area (Å²) < 4.78 is 84.5. The summed E-state index contributed by atoms with van der Waals surface area (Å²) in [4.78, 5) is 188. The molecule has 0 radical (unpaired) electrons. The topological polar surface area (TPSA) is 394 Å². The minimum atomic E-state index is -0.628. The Labute approximate surface area is 751 Å². The Hall–Kier alpha value is -7.95. The number of hydrogen-bond donors (Lipinski definition) is 0. The Kier molecular flexibility index (Phi) is 27.2. The van der Waals surface area contributed by atoms with Crippen LogP contribution < -0.4 is 0 Å². The van der Waals surface area contributed by atoms with E-state index in [-0.39, 0.29) is 162 Å². The first-order valence-corrected chi connectivity index (χ1v) is 48.2. The molecule has 0 aromatic rings. The maximum Gasteiger partial charge on any atom is 0.311 e. The van der Waals surface area contributed by atoms with Crippen LogP contribution in [0.4, 0.5) is 0 Å². The van der Waals surface area contributed by atoms with Gasteiger partial charge in [0.1, 0.15) is 84.4 Å². The molecule has 712 valence electrons. The molecule has 0 amide bonds. The largest absolute Gasteiger partial charge is 0.466 e. The lowest BCUT2D eigenvalue weighted by molar-refractivity contribution is -0.177. The molecule has 30 nitrogen and oxygen atoms in total. The molecule has 18 aliphatic rings. The quantitative estimate of drug-likeness (QED) is 0.0640. The third kappa shape index (κ3) is 17.7. The average molecular weight is 1800 g/mol. The van der Waals surface area contributed by atoms with Gasteiger partial charge in [-0.15, -0.1) is 0 Å². The molecule has 5 aliphatic heterocycles. The van der Waals surface area contributed by atoms with Gasteiger partial charge in [-0.05, 0) is 245 Å². The molecular weight excluding hydrogens is 1660 g/mol. The van der Waals surface area contributed by atoms with E-state index in [4.69, 9.17) is 71.1 Å². The number of hydrogen-bond acceptors (Lipinski definition) is 30. The molecule has 0 N–H and O–H groups in total. The third-order valence-electron chi connectivity index (χ3n) is 33.6. The SMILES string of the molecule is CCC(C)(C)C(=O)OC1C2CC3C1OC(=O)C3C2C(=O)OC(C)(C)C.CCC(C)(C)C(=O)OC1C2CC3C1OC(=O)C3C2C(=O)OC1(C)CCCC1.CCC(C)(C)C(=O)OC1C2CC3C1OC(=O)C3C2C(=O)OC1CCCC1.CCC(C)(C)C(=O)OC1C2CC3C1OC(=O)C3C2C(=O)OC1CCCCC1.CCOC(=O)C1C2CC3C(OC(=O)C31)C2OC(=O)C(C)(C)CC. The number of rotatable bonds is 24. The van der Waals surface area contributed by atoms with Crippen molar-refractivity contribution >= 4 is 89.5 Å². The number of carbonyl (C=O) groups excluding carboxylic acids is 15. The van der Waals surface area contributed by atoms with Crippen LogP contribution in [-0.4, -0.2) is 181 Å². The van der Waals surface area contributed by atoms with Crippen LogP contribution in [-0.2, 0) is 143 Å². The molecule has 30 atom stereocenters. The first-order chi connectivity index (χ1) is 60.1. The third-order valence-corrected chi connectivity index (χ3v) is 33.6. The van der Waals surface area contributed by atoms with Gasteiger partial charge < -0.3 is 71.1 Å². The monoisotopic (exact) mass is 1800 g/mol. The summed E-state index contributed by atoms with van der Waals surface area (Å²) in [5.41, 5.74) is -4.05.